The van der Waals surface area contributed by atoms with Crippen LogP contribution in [-0.4, -0.2) is 39.4 Å². The molecule has 8 heteroatoms. The Kier molecular flexibility index (Phi) is 8.10. The molecule has 0 aliphatic carbocycles. The largest absolute Gasteiger partial charge is 0.479 e. The summed E-state index contributed by atoms with van der Waals surface area (Å²) in [6, 6.07) is 25.6. The Hall–Kier alpha value is -4.20. The smallest absolute Gasteiger partial charge is 0.330 e. The molecule has 1 saturated heterocycles. The number of hydrogen-bond donors (Lipinski definition) is 2. The molecular weight excluding hydrogens is 556 g/mol. The van der Waals surface area contributed by atoms with Crippen LogP contribution < -0.4 is 5.32 Å². The van der Waals surface area contributed by atoms with Crippen LogP contribution in [0, 0.1) is 12.8 Å². The Morgan fingerprint density at radius 1 is 0.976 bits per heavy atom. The third kappa shape index (κ3) is 5.56. The van der Waals surface area contributed by atoms with E-state index in [1.165, 1.54) is 23.2 Å². The third-order valence-corrected chi connectivity index (χ3v) is 8.79. The molecule has 208 valence electrons. The van der Waals surface area contributed by atoms with Gasteiger partial charge in [0.2, 0.25) is 0 Å². The Balaban J connectivity index is 1.71. The van der Waals surface area contributed by atoms with E-state index in [0.29, 0.717) is 21.2 Å². The van der Waals surface area contributed by atoms with Gasteiger partial charge in [0, 0.05) is 27.1 Å². The van der Waals surface area contributed by atoms with Crippen molar-refractivity contribution in [3.63, 3.8) is 0 Å². The maximum Gasteiger partial charge on any atom is 0.330 e. The first-order chi connectivity index (χ1) is 19.7. The molecule has 4 aromatic rings. The van der Waals surface area contributed by atoms with Gasteiger partial charge in [0.1, 0.15) is 5.54 Å². The van der Waals surface area contributed by atoms with Gasteiger partial charge in [-0.1, -0.05) is 84.4 Å². The summed E-state index contributed by atoms with van der Waals surface area (Å²) in [5.74, 6) is -3.22. The van der Waals surface area contributed by atoms with Crippen molar-refractivity contribution in [1.29, 1.82) is 0 Å². The van der Waals surface area contributed by atoms with Crippen LogP contribution in [0.2, 0.25) is 5.02 Å². The minimum atomic E-state index is -1.76. The number of carboxylic acids is 1. The first-order valence-corrected chi connectivity index (χ1v) is 14.4. The lowest BCUT2D eigenvalue weighted by molar-refractivity contribution is -0.148. The van der Waals surface area contributed by atoms with Crippen molar-refractivity contribution in [2.45, 2.75) is 31.3 Å². The summed E-state index contributed by atoms with van der Waals surface area (Å²) in [4.78, 5) is 43.8. The fraction of sp³-hybridized carbons (Fsp3) is 0.182. The second-order valence-corrected chi connectivity index (χ2v) is 11.7. The number of aryl methyl sites for hydroxylation is 1. The van der Waals surface area contributed by atoms with Crippen LogP contribution >= 0.6 is 22.9 Å². The van der Waals surface area contributed by atoms with Crippen molar-refractivity contribution < 1.29 is 19.5 Å². The van der Waals surface area contributed by atoms with E-state index in [4.69, 9.17) is 11.6 Å². The topological polar surface area (TPSA) is 86.7 Å². The van der Waals surface area contributed by atoms with Gasteiger partial charge in [0.25, 0.3) is 0 Å². The maximum atomic E-state index is 14.4. The molecule has 1 aromatic heterocycles. The lowest BCUT2D eigenvalue weighted by Crippen LogP contribution is -2.56. The number of carbonyl (C=O) groups excluding carboxylic acids is 2. The van der Waals surface area contributed by atoms with Gasteiger partial charge in [0.15, 0.2) is 5.78 Å². The molecule has 3 aromatic carbocycles. The predicted molar refractivity (Wildman–Crippen MR) is 164 cm³/mol. The normalized spacial score (nSPS) is 22.1. The van der Waals surface area contributed by atoms with Gasteiger partial charge in [-0.05, 0) is 60.7 Å². The van der Waals surface area contributed by atoms with Gasteiger partial charge in [-0.15, -0.1) is 11.3 Å². The van der Waals surface area contributed by atoms with Gasteiger partial charge in [-0.2, -0.15) is 0 Å². The van der Waals surface area contributed by atoms with E-state index < -0.39 is 35.4 Å². The van der Waals surface area contributed by atoms with Crippen LogP contribution in [0.4, 0.5) is 10.5 Å². The van der Waals surface area contributed by atoms with E-state index in [0.717, 1.165) is 11.1 Å². The van der Waals surface area contributed by atoms with Gasteiger partial charge in [-0.25, -0.2) is 9.59 Å². The number of likely N-dealkylation sites (tertiary alicyclic amines) is 1. The molecule has 41 heavy (non-hydrogen) atoms. The number of hydrogen-bond acceptors (Lipinski definition) is 4. The van der Waals surface area contributed by atoms with Crippen LogP contribution in [-0.2, 0) is 4.79 Å². The number of aliphatic carboxylic acids is 1. The molecule has 0 spiro atoms. The van der Waals surface area contributed by atoms with E-state index in [9.17, 15) is 19.5 Å². The fourth-order valence-electron chi connectivity index (χ4n) is 5.70. The van der Waals surface area contributed by atoms with E-state index in [2.05, 4.69) is 5.32 Å². The summed E-state index contributed by atoms with van der Waals surface area (Å²) in [6.07, 6.45) is 3.60. The molecule has 4 unspecified atom stereocenters. The zero-order valence-electron chi connectivity index (χ0n) is 22.5. The summed E-state index contributed by atoms with van der Waals surface area (Å²) in [5, 5.41) is 16.0. The summed E-state index contributed by atoms with van der Waals surface area (Å²) < 4.78 is 0. The molecule has 5 rings (SSSR count). The van der Waals surface area contributed by atoms with E-state index >= 15 is 0 Å². The molecule has 0 bridgehead atoms. The summed E-state index contributed by atoms with van der Waals surface area (Å²) in [5.41, 5.74) is 0.929. The quantitative estimate of drug-likeness (QED) is 0.217. The molecule has 4 atom stereocenters. The lowest BCUT2D eigenvalue weighted by Gasteiger charge is -2.36. The molecule has 2 heterocycles. The summed E-state index contributed by atoms with van der Waals surface area (Å²) in [6.45, 7) is 3.44. The minimum Gasteiger partial charge on any atom is -0.479 e. The molecule has 0 radical (unpaired) electrons. The summed E-state index contributed by atoms with van der Waals surface area (Å²) >= 11 is 7.64. The second kappa shape index (κ2) is 11.7. The average molecular weight is 585 g/mol. The van der Waals surface area contributed by atoms with Crippen molar-refractivity contribution in [1.82, 2.24) is 4.90 Å². The van der Waals surface area contributed by atoms with Crippen molar-refractivity contribution in [3.8, 4) is 0 Å². The SMILES string of the molecule is Cc1cccc(NC(=O)N2C(C=Cc3ccccc3)C(C(=O)c3cccc(Cl)c3)C(c3cccs3)C2(C)C(=O)O)c1. The second-order valence-electron chi connectivity index (χ2n) is 10.3. The van der Waals surface area contributed by atoms with Gasteiger partial charge in [-0.3, -0.25) is 4.79 Å². The number of benzene rings is 3. The fourth-order valence-corrected chi connectivity index (χ4v) is 6.88. The van der Waals surface area contributed by atoms with Crippen molar-refractivity contribution in [2.75, 3.05) is 5.32 Å². The number of carbonyl (C=O) groups is 3. The van der Waals surface area contributed by atoms with Crippen molar-refractivity contribution in [2.24, 2.45) is 5.92 Å². The highest BCUT2D eigenvalue weighted by atomic mass is 35.5. The highest BCUT2D eigenvalue weighted by Crippen LogP contribution is 2.52. The van der Waals surface area contributed by atoms with Crippen LogP contribution in [0.25, 0.3) is 6.08 Å². The third-order valence-electron chi connectivity index (χ3n) is 7.60. The van der Waals surface area contributed by atoms with Crippen LogP contribution in [0.5, 0.6) is 0 Å². The number of ketones is 1. The molecular formula is C33H29ClN2O4S. The van der Waals surface area contributed by atoms with Crippen LogP contribution in [0.15, 0.2) is 102 Å². The first kappa shape index (κ1) is 28.3. The Labute approximate surface area is 247 Å². The average Bonchev–Trinajstić information content (AvgIpc) is 3.57. The van der Waals surface area contributed by atoms with E-state index in [1.807, 2.05) is 79.0 Å². The monoisotopic (exact) mass is 584 g/mol. The molecule has 1 aliphatic rings. The number of amides is 2. The van der Waals surface area contributed by atoms with Gasteiger partial charge in [0.05, 0.1) is 12.0 Å². The highest BCUT2D eigenvalue weighted by Gasteiger charge is 2.64. The van der Waals surface area contributed by atoms with Crippen molar-refractivity contribution in [3.05, 3.63) is 129 Å². The number of nitrogens with one attached hydrogen (secondary N) is 1. The predicted octanol–water partition coefficient (Wildman–Crippen LogP) is 7.77. The number of carboxylic acid groups (broad SMARTS) is 1. The zero-order valence-corrected chi connectivity index (χ0v) is 24.1. The number of halogens is 1. The molecule has 6 nitrogen and oxygen atoms in total. The Bertz CT molecular complexity index is 1600. The molecule has 1 aliphatic heterocycles. The number of thiophene rings is 1. The van der Waals surface area contributed by atoms with Gasteiger partial charge >= 0.3 is 12.0 Å². The van der Waals surface area contributed by atoms with Crippen LogP contribution in [0.3, 0.4) is 0 Å². The number of Topliss-reactive ketones (excluding diaryl/α,β-unsaturated/α-hetero) is 1. The maximum absolute atomic E-state index is 14.4. The molecule has 0 saturated carbocycles. The minimum absolute atomic E-state index is 0.285. The van der Waals surface area contributed by atoms with E-state index in [-0.39, 0.29) is 5.78 Å². The number of urea groups is 1. The molecule has 2 amide bonds. The molecule has 1 fully saturated rings. The zero-order chi connectivity index (χ0) is 29.1. The Morgan fingerprint density at radius 2 is 1.73 bits per heavy atom. The van der Waals surface area contributed by atoms with Crippen molar-refractivity contribution >= 4 is 52.5 Å². The number of rotatable bonds is 7. The molecule has 2 N–H and O–H groups in total. The van der Waals surface area contributed by atoms with Gasteiger partial charge < -0.3 is 15.3 Å². The lowest BCUT2D eigenvalue weighted by atomic mass is 9.75. The van der Waals surface area contributed by atoms with E-state index in [1.54, 1.807) is 36.4 Å². The highest BCUT2D eigenvalue weighted by molar-refractivity contribution is 7.10. The Morgan fingerprint density at radius 3 is 2.39 bits per heavy atom. The number of anilines is 1. The number of nitrogens with zero attached hydrogens (tertiary/aromatic N) is 1. The summed E-state index contributed by atoms with van der Waals surface area (Å²) in [7, 11) is 0. The first-order valence-electron chi connectivity index (χ1n) is 13.2. The van der Waals surface area contributed by atoms with Crippen LogP contribution in [0.1, 0.15) is 39.2 Å². The standard InChI is InChI=1S/C33H29ClN2O4S/c1-21-9-6-14-25(19-21)35-32(40)36-26(17-16-22-10-4-3-5-11-22)28(30(37)23-12-7-13-24(34)20-23)29(27-15-8-18-41-27)33(36,2)31(38)39/h3-20,26,28-29H,1-2H3,(H,35,40)(H,38,39).